The molecule has 0 amide bonds. The highest BCUT2D eigenvalue weighted by molar-refractivity contribution is 5.73. The van der Waals surface area contributed by atoms with Gasteiger partial charge in [-0.15, -0.1) is 15.0 Å². The summed E-state index contributed by atoms with van der Waals surface area (Å²) in [6.45, 7) is 0. The number of aromatic nitrogens is 5. The summed E-state index contributed by atoms with van der Waals surface area (Å²) in [5.41, 5.74) is 2.68. The highest BCUT2D eigenvalue weighted by Gasteiger charge is 2.14. The molecular weight excluding hydrogens is 360 g/mol. The third-order valence-corrected chi connectivity index (χ3v) is 4.09. The third kappa shape index (κ3) is 3.28. The van der Waals surface area contributed by atoms with Crippen LogP contribution >= 0.6 is 0 Å². The van der Waals surface area contributed by atoms with E-state index >= 15 is 0 Å². The number of nitrogens with zero attached hydrogens (tertiary/aromatic N) is 6. The Balaban J connectivity index is 1.71. The Hall–Kier alpha value is -4.14. The van der Waals surface area contributed by atoms with E-state index in [1.54, 1.807) is 42.6 Å². The highest BCUT2D eigenvalue weighted by atomic mass is 16.6. The van der Waals surface area contributed by atoms with Gasteiger partial charge in [0.05, 0.1) is 17.7 Å². The molecule has 0 N–H and O–H groups in total. The van der Waals surface area contributed by atoms with Gasteiger partial charge in [-0.3, -0.25) is 15.1 Å². The van der Waals surface area contributed by atoms with Crippen LogP contribution in [-0.4, -0.2) is 37.2 Å². The number of ether oxygens (including phenoxy) is 1. The van der Waals surface area contributed by atoms with Gasteiger partial charge in [0.25, 0.3) is 5.69 Å². The van der Waals surface area contributed by atoms with Crippen LogP contribution in [0.25, 0.3) is 28.3 Å². The van der Waals surface area contributed by atoms with Crippen molar-refractivity contribution in [2.75, 3.05) is 7.11 Å². The van der Waals surface area contributed by atoms with E-state index in [0.717, 1.165) is 5.56 Å². The van der Waals surface area contributed by atoms with E-state index < -0.39 is 4.92 Å². The van der Waals surface area contributed by atoms with Crippen molar-refractivity contribution >= 4 is 5.69 Å². The highest BCUT2D eigenvalue weighted by Crippen LogP contribution is 2.33. The Morgan fingerprint density at radius 2 is 1.96 bits per heavy atom. The molecule has 0 bridgehead atoms. The molecule has 138 valence electrons. The molecule has 0 fully saturated rings. The van der Waals surface area contributed by atoms with Crippen LogP contribution in [0.2, 0.25) is 0 Å². The predicted octanol–water partition coefficient (Wildman–Crippen LogP) is 3.31. The summed E-state index contributed by atoms with van der Waals surface area (Å²) in [6.07, 6.45) is 1.66. The Morgan fingerprint density at radius 1 is 1.07 bits per heavy atom. The quantitative estimate of drug-likeness (QED) is 0.389. The molecule has 0 aliphatic heterocycles. The molecule has 2 aromatic carbocycles. The lowest BCUT2D eigenvalue weighted by Gasteiger charge is -2.10. The van der Waals surface area contributed by atoms with Gasteiger partial charge < -0.3 is 4.74 Å². The fraction of sp³-hybridized carbons (Fsp3) is 0.0526. The van der Waals surface area contributed by atoms with E-state index in [0.29, 0.717) is 28.5 Å². The molecule has 2 heterocycles. The molecule has 0 atom stereocenters. The van der Waals surface area contributed by atoms with Gasteiger partial charge in [-0.2, -0.15) is 0 Å². The van der Waals surface area contributed by atoms with Gasteiger partial charge in [0.15, 0.2) is 0 Å². The molecule has 9 nitrogen and oxygen atoms in total. The van der Waals surface area contributed by atoms with E-state index in [1.165, 1.54) is 24.0 Å². The first kappa shape index (κ1) is 17.3. The fourth-order valence-corrected chi connectivity index (χ4v) is 2.75. The Kier molecular flexibility index (Phi) is 4.47. The normalized spacial score (nSPS) is 10.6. The molecule has 4 aromatic rings. The fourth-order valence-electron chi connectivity index (χ4n) is 2.75. The average Bonchev–Trinajstić information content (AvgIpc) is 3.24. The summed E-state index contributed by atoms with van der Waals surface area (Å²) < 4.78 is 5.48. The zero-order valence-electron chi connectivity index (χ0n) is 14.8. The van der Waals surface area contributed by atoms with Crippen molar-refractivity contribution in [3.05, 3.63) is 77.0 Å². The number of tetrazole rings is 1. The van der Waals surface area contributed by atoms with Crippen LogP contribution in [0.5, 0.6) is 5.75 Å². The summed E-state index contributed by atoms with van der Waals surface area (Å²) in [5.74, 6) is 0.942. The number of nitro groups is 1. The Bertz CT molecular complexity index is 1140. The zero-order valence-corrected chi connectivity index (χ0v) is 14.8. The maximum atomic E-state index is 11.0. The molecule has 0 spiro atoms. The number of hydrogen-bond acceptors (Lipinski definition) is 7. The van der Waals surface area contributed by atoms with Crippen LogP contribution in [0.3, 0.4) is 0 Å². The van der Waals surface area contributed by atoms with E-state index in [9.17, 15) is 10.1 Å². The molecule has 4 rings (SSSR count). The van der Waals surface area contributed by atoms with Crippen molar-refractivity contribution in [1.82, 2.24) is 25.2 Å². The lowest BCUT2D eigenvalue weighted by molar-refractivity contribution is -0.384. The standard InChI is InChI=1S/C19H14N6O3/c1-28-18-12-14(24-22-19(21-23-24)17-7-2-3-10-20-17)8-9-16(18)13-5-4-6-15(11-13)25(26)27/h2-12H,1H3. The zero-order chi connectivity index (χ0) is 19.5. The molecular formula is C19H14N6O3. The first-order valence-electron chi connectivity index (χ1n) is 8.30. The van der Waals surface area contributed by atoms with Gasteiger partial charge >= 0.3 is 0 Å². The van der Waals surface area contributed by atoms with Crippen molar-refractivity contribution < 1.29 is 9.66 Å². The summed E-state index contributed by atoms with van der Waals surface area (Å²) in [7, 11) is 1.54. The van der Waals surface area contributed by atoms with Crippen LogP contribution in [0.15, 0.2) is 66.9 Å². The minimum Gasteiger partial charge on any atom is -0.496 e. The molecule has 0 radical (unpaired) electrons. The summed E-state index contributed by atoms with van der Waals surface area (Å²) in [4.78, 5) is 16.2. The minimum atomic E-state index is -0.428. The van der Waals surface area contributed by atoms with Gasteiger partial charge in [0.2, 0.25) is 5.82 Å². The van der Waals surface area contributed by atoms with Crippen LogP contribution in [0, 0.1) is 10.1 Å². The van der Waals surface area contributed by atoms with Crippen molar-refractivity contribution in [1.29, 1.82) is 0 Å². The maximum absolute atomic E-state index is 11.0. The van der Waals surface area contributed by atoms with E-state index in [-0.39, 0.29) is 5.69 Å². The number of hydrogen-bond donors (Lipinski definition) is 0. The SMILES string of the molecule is COc1cc(-n2nnc(-c3ccccn3)n2)ccc1-c1cccc([N+](=O)[O-])c1. The second-order valence-corrected chi connectivity index (χ2v) is 5.81. The lowest BCUT2D eigenvalue weighted by Crippen LogP contribution is -2.00. The van der Waals surface area contributed by atoms with E-state index in [1.807, 2.05) is 12.1 Å². The molecule has 0 aliphatic carbocycles. The van der Waals surface area contributed by atoms with E-state index in [2.05, 4.69) is 20.4 Å². The number of rotatable bonds is 5. The molecule has 2 aromatic heterocycles. The van der Waals surface area contributed by atoms with Crippen LogP contribution in [-0.2, 0) is 0 Å². The minimum absolute atomic E-state index is 0.0153. The topological polar surface area (TPSA) is 109 Å². The summed E-state index contributed by atoms with van der Waals surface area (Å²) >= 11 is 0. The monoisotopic (exact) mass is 374 g/mol. The smallest absolute Gasteiger partial charge is 0.270 e. The average molecular weight is 374 g/mol. The second-order valence-electron chi connectivity index (χ2n) is 5.81. The van der Waals surface area contributed by atoms with Gasteiger partial charge in [0, 0.05) is 30.0 Å². The van der Waals surface area contributed by atoms with Crippen molar-refractivity contribution in [3.8, 4) is 34.1 Å². The van der Waals surface area contributed by atoms with Crippen molar-refractivity contribution in [2.24, 2.45) is 0 Å². The van der Waals surface area contributed by atoms with Crippen LogP contribution in [0.1, 0.15) is 0 Å². The molecule has 0 saturated heterocycles. The Labute approximate surface area is 159 Å². The van der Waals surface area contributed by atoms with Gasteiger partial charge in [-0.25, -0.2) is 0 Å². The summed E-state index contributed by atoms with van der Waals surface area (Å²) in [5, 5.41) is 23.5. The third-order valence-electron chi connectivity index (χ3n) is 4.09. The molecule has 0 saturated carbocycles. The number of methoxy groups -OCH3 is 1. The lowest BCUT2D eigenvalue weighted by atomic mass is 10.0. The predicted molar refractivity (Wildman–Crippen MR) is 101 cm³/mol. The molecule has 0 aliphatic rings. The van der Waals surface area contributed by atoms with Crippen LogP contribution in [0.4, 0.5) is 5.69 Å². The maximum Gasteiger partial charge on any atom is 0.270 e. The van der Waals surface area contributed by atoms with Crippen molar-refractivity contribution in [3.63, 3.8) is 0 Å². The largest absolute Gasteiger partial charge is 0.496 e. The van der Waals surface area contributed by atoms with E-state index in [4.69, 9.17) is 4.74 Å². The number of non-ortho nitro benzene ring substituents is 1. The molecule has 9 heteroatoms. The first-order valence-corrected chi connectivity index (χ1v) is 8.30. The number of benzene rings is 2. The number of nitro benzene ring substituents is 1. The second kappa shape index (κ2) is 7.23. The van der Waals surface area contributed by atoms with Gasteiger partial charge in [0.1, 0.15) is 11.4 Å². The van der Waals surface area contributed by atoms with Crippen LogP contribution < -0.4 is 4.74 Å². The van der Waals surface area contributed by atoms with Gasteiger partial charge in [-0.05, 0) is 35.0 Å². The van der Waals surface area contributed by atoms with Crippen molar-refractivity contribution in [2.45, 2.75) is 0 Å². The molecule has 28 heavy (non-hydrogen) atoms. The Morgan fingerprint density at radius 3 is 2.71 bits per heavy atom. The number of pyridine rings is 1. The summed E-state index contributed by atoms with van der Waals surface area (Å²) in [6, 6.07) is 17.2. The molecule has 0 unspecified atom stereocenters. The first-order chi connectivity index (χ1) is 13.7. The van der Waals surface area contributed by atoms with Gasteiger partial charge in [-0.1, -0.05) is 18.2 Å².